The first kappa shape index (κ1) is 20.7. The van der Waals surface area contributed by atoms with Crippen LogP contribution in [0.15, 0.2) is 85.1 Å². The fourth-order valence-corrected chi connectivity index (χ4v) is 4.03. The van der Waals surface area contributed by atoms with Crippen molar-refractivity contribution in [3.8, 4) is 5.75 Å². The van der Waals surface area contributed by atoms with Crippen molar-refractivity contribution in [3.63, 3.8) is 0 Å². The molecule has 0 bridgehead atoms. The van der Waals surface area contributed by atoms with E-state index in [4.69, 9.17) is 4.74 Å². The largest absolute Gasteiger partial charge is 0.497 e. The molecule has 4 rings (SSSR count). The quantitative estimate of drug-likeness (QED) is 0.376. The molecule has 1 heterocycles. The van der Waals surface area contributed by atoms with Crippen LogP contribution in [0, 0.1) is 0 Å². The van der Waals surface area contributed by atoms with E-state index in [1.807, 2.05) is 54.7 Å². The number of aromatic nitrogens is 1. The van der Waals surface area contributed by atoms with Crippen molar-refractivity contribution in [1.29, 1.82) is 0 Å². The third-order valence-electron chi connectivity index (χ3n) is 5.75. The molecule has 2 N–H and O–H groups in total. The maximum absolute atomic E-state index is 12.8. The lowest BCUT2D eigenvalue weighted by molar-refractivity contribution is -0.121. The van der Waals surface area contributed by atoms with E-state index in [9.17, 15) is 4.79 Å². The molecule has 4 aromatic rings. The van der Waals surface area contributed by atoms with Gasteiger partial charge in [-0.15, -0.1) is 0 Å². The highest BCUT2D eigenvalue weighted by Crippen LogP contribution is 2.33. The van der Waals surface area contributed by atoms with Crippen LogP contribution in [0.25, 0.3) is 10.9 Å². The summed E-state index contributed by atoms with van der Waals surface area (Å²) in [5.41, 5.74) is 4.62. The van der Waals surface area contributed by atoms with Gasteiger partial charge in [0.15, 0.2) is 0 Å². The Morgan fingerprint density at radius 3 is 2.39 bits per heavy atom. The van der Waals surface area contributed by atoms with Gasteiger partial charge in [-0.3, -0.25) is 4.79 Å². The number of ether oxygens (including phenoxy) is 1. The van der Waals surface area contributed by atoms with Crippen LogP contribution in [0.3, 0.4) is 0 Å². The van der Waals surface area contributed by atoms with E-state index >= 15 is 0 Å². The van der Waals surface area contributed by atoms with E-state index in [1.54, 1.807) is 7.11 Å². The van der Waals surface area contributed by atoms with E-state index in [0.29, 0.717) is 13.0 Å². The molecule has 1 unspecified atom stereocenters. The predicted molar refractivity (Wildman–Crippen MR) is 125 cm³/mol. The summed E-state index contributed by atoms with van der Waals surface area (Å²) in [6.07, 6.45) is 4.31. The highest BCUT2D eigenvalue weighted by Gasteiger charge is 2.20. The van der Waals surface area contributed by atoms with Crippen LogP contribution >= 0.6 is 0 Å². The summed E-state index contributed by atoms with van der Waals surface area (Å²) in [6.45, 7) is 0.548. The average Bonchev–Trinajstić information content (AvgIpc) is 3.25. The standard InChI is InChI=1S/C27H28N2O2/c1-31-23-14-15-26-24(17-23)25(19-28-26)22(13-12-20-8-4-2-5-9-20)16-27(30)29-18-21-10-6-3-7-11-21/h2-11,14-15,17,19,22,28H,12-13,16,18H2,1H3,(H,29,30). The second-order valence-electron chi connectivity index (χ2n) is 7.84. The normalized spacial score (nSPS) is 11.9. The van der Waals surface area contributed by atoms with Crippen LogP contribution in [-0.2, 0) is 17.8 Å². The summed E-state index contributed by atoms with van der Waals surface area (Å²) in [4.78, 5) is 16.2. The topological polar surface area (TPSA) is 54.1 Å². The lowest BCUT2D eigenvalue weighted by Gasteiger charge is -2.17. The minimum atomic E-state index is 0.0687. The summed E-state index contributed by atoms with van der Waals surface area (Å²) in [7, 11) is 1.68. The Bertz CT molecular complexity index is 1120. The number of aromatic amines is 1. The number of aryl methyl sites for hydroxylation is 1. The molecular weight excluding hydrogens is 384 g/mol. The van der Waals surface area contributed by atoms with Gasteiger partial charge < -0.3 is 15.0 Å². The molecule has 1 aromatic heterocycles. The molecule has 0 aliphatic heterocycles. The van der Waals surface area contributed by atoms with E-state index in [0.717, 1.165) is 35.1 Å². The van der Waals surface area contributed by atoms with Crippen molar-refractivity contribution in [1.82, 2.24) is 10.3 Å². The van der Waals surface area contributed by atoms with Crippen molar-refractivity contribution < 1.29 is 9.53 Å². The molecule has 4 heteroatoms. The molecule has 0 aliphatic rings. The first-order valence-electron chi connectivity index (χ1n) is 10.7. The molecule has 0 spiro atoms. The number of amides is 1. The summed E-state index contributed by atoms with van der Waals surface area (Å²) in [5.74, 6) is 1.000. The highest BCUT2D eigenvalue weighted by molar-refractivity contribution is 5.86. The molecule has 0 fully saturated rings. The Hall–Kier alpha value is -3.53. The average molecular weight is 413 g/mol. The third-order valence-corrected chi connectivity index (χ3v) is 5.75. The van der Waals surface area contributed by atoms with E-state index in [-0.39, 0.29) is 11.8 Å². The fourth-order valence-electron chi connectivity index (χ4n) is 4.03. The van der Waals surface area contributed by atoms with E-state index < -0.39 is 0 Å². The van der Waals surface area contributed by atoms with Gasteiger partial charge in [-0.05, 0) is 53.6 Å². The van der Waals surface area contributed by atoms with Crippen LogP contribution in [0.5, 0.6) is 5.75 Å². The lowest BCUT2D eigenvalue weighted by Crippen LogP contribution is -2.24. The van der Waals surface area contributed by atoms with Crippen LogP contribution in [0.1, 0.15) is 35.4 Å². The zero-order chi connectivity index (χ0) is 21.5. The summed E-state index contributed by atoms with van der Waals surface area (Å²) in [5, 5.41) is 4.21. The van der Waals surface area contributed by atoms with Gasteiger partial charge in [-0.2, -0.15) is 0 Å². The number of methoxy groups -OCH3 is 1. The monoisotopic (exact) mass is 412 g/mol. The van der Waals surface area contributed by atoms with Crippen LogP contribution in [0.2, 0.25) is 0 Å². The fraction of sp³-hybridized carbons (Fsp3) is 0.222. The van der Waals surface area contributed by atoms with Crippen LogP contribution < -0.4 is 10.1 Å². The Kier molecular flexibility index (Phi) is 6.68. The molecule has 1 amide bonds. The summed E-state index contributed by atoms with van der Waals surface area (Å²) < 4.78 is 5.43. The zero-order valence-electron chi connectivity index (χ0n) is 17.8. The van der Waals surface area contributed by atoms with Crippen LogP contribution in [-0.4, -0.2) is 18.0 Å². The van der Waals surface area contributed by atoms with Gasteiger partial charge >= 0.3 is 0 Å². The number of nitrogens with one attached hydrogen (secondary N) is 2. The Morgan fingerprint density at radius 2 is 1.68 bits per heavy atom. The molecule has 0 aliphatic carbocycles. The van der Waals surface area contributed by atoms with Gasteiger partial charge in [0.25, 0.3) is 0 Å². The summed E-state index contributed by atoms with van der Waals surface area (Å²) in [6, 6.07) is 26.5. The lowest BCUT2D eigenvalue weighted by atomic mass is 9.89. The molecular formula is C27H28N2O2. The van der Waals surface area contributed by atoms with Crippen molar-refractivity contribution in [2.75, 3.05) is 7.11 Å². The van der Waals surface area contributed by atoms with Gasteiger partial charge in [0.05, 0.1) is 7.11 Å². The van der Waals surface area contributed by atoms with E-state index in [1.165, 1.54) is 11.1 Å². The highest BCUT2D eigenvalue weighted by atomic mass is 16.5. The van der Waals surface area contributed by atoms with Crippen molar-refractivity contribution in [2.45, 2.75) is 31.7 Å². The Morgan fingerprint density at radius 1 is 0.968 bits per heavy atom. The first-order valence-corrected chi connectivity index (χ1v) is 10.7. The summed E-state index contributed by atoms with van der Waals surface area (Å²) >= 11 is 0. The minimum absolute atomic E-state index is 0.0687. The number of carbonyl (C=O) groups excluding carboxylic acids is 1. The molecule has 4 nitrogen and oxygen atoms in total. The molecule has 3 aromatic carbocycles. The number of fused-ring (bicyclic) bond motifs is 1. The number of carbonyl (C=O) groups is 1. The number of H-pyrrole nitrogens is 1. The predicted octanol–water partition coefficient (Wildman–Crippen LogP) is 5.60. The van der Waals surface area contributed by atoms with Gasteiger partial charge in [-0.1, -0.05) is 60.7 Å². The van der Waals surface area contributed by atoms with Gasteiger partial charge in [0.1, 0.15) is 5.75 Å². The third kappa shape index (κ3) is 5.34. The molecule has 0 saturated heterocycles. The number of rotatable bonds is 9. The number of hydrogen-bond donors (Lipinski definition) is 2. The Balaban J connectivity index is 1.53. The van der Waals surface area contributed by atoms with Crippen molar-refractivity contribution >= 4 is 16.8 Å². The molecule has 31 heavy (non-hydrogen) atoms. The zero-order valence-corrected chi connectivity index (χ0v) is 17.8. The molecule has 158 valence electrons. The molecule has 0 saturated carbocycles. The number of benzene rings is 3. The van der Waals surface area contributed by atoms with Crippen LogP contribution in [0.4, 0.5) is 0 Å². The second kappa shape index (κ2) is 9.98. The van der Waals surface area contributed by atoms with Gasteiger partial charge in [-0.25, -0.2) is 0 Å². The Labute approximate surface area is 183 Å². The SMILES string of the molecule is COc1ccc2[nH]cc(C(CCc3ccccc3)CC(=O)NCc3ccccc3)c2c1. The smallest absolute Gasteiger partial charge is 0.220 e. The first-order chi connectivity index (χ1) is 15.2. The maximum atomic E-state index is 12.8. The van der Waals surface area contributed by atoms with Crippen molar-refractivity contribution in [2.24, 2.45) is 0 Å². The maximum Gasteiger partial charge on any atom is 0.220 e. The molecule has 0 radical (unpaired) electrons. The second-order valence-corrected chi connectivity index (χ2v) is 7.84. The minimum Gasteiger partial charge on any atom is -0.497 e. The van der Waals surface area contributed by atoms with Gasteiger partial charge in [0, 0.05) is 30.1 Å². The van der Waals surface area contributed by atoms with Crippen molar-refractivity contribution in [3.05, 3.63) is 102 Å². The molecule has 1 atom stereocenters. The van der Waals surface area contributed by atoms with E-state index in [2.05, 4.69) is 40.6 Å². The number of hydrogen-bond acceptors (Lipinski definition) is 2. The van der Waals surface area contributed by atoms with Gasteiger partial charge in [0.2, 0.25) is 5.91 Å².